The molecule has 1 aliphatic carbocycles. The summed E-state index contributed by atoms with van der Waals surface area (Å²) in [6.45, 7) is 10.7. The molecule has 0 spiro atoms. The van der Waals surface area contributed by atoms with Crippen molar-refractivity contribution in [3.05, 3.63) is 12.7 Å². The van der Waals surface area contributed by atoms with Crippen LogP contribution in [0.15, 0.2) is 12.7 Å². The second-order valence-electron chi connectivity index (χ2n) is 10.2. The number of amides is 2. The lowest BCUT2D eigenvalue weighted by Gasteiger charge is -2.46. The van der Waals surface area contributed by atoms with Crippen molar-refractivity contribution in [2.24, 2.45) is 10.8 Å². The maximum absolute atomic E-state index is 12.5. The van der Waals surface area contributed by atoms with E-state index in [2.05, 4.69) is 38.0 Å². The van der Waals surface area contributed by atoms with Gasteiger partial charge in [-0.1, -0.05) is 39.1 Å². The first-order chi connectivity index (χ1) is 16.9. The van der Waals surface area contributed by atoms with Gasteiger partial charge in [-0.2, -0.15) is 0 Å². The van der Waals surface area contributed by atoms with Crippen molar-refractivity contribution in [1.29, 1.82) is 0 Å². The van der Waals surface area contributed by atoms with Crippen LogP contribution in [0.3, 0.4) is 0 Å². The van der Waals surface area contributed by atoms with E-state index in [0.29, 0.717) is 24.8 Å². The molecule has 1 aliphatic rings. The van der Waals surface area contributed by atoms with E-state index < -0.39 is 20.9 Å². The lowest BCUT2D eigenvalue weighted by Crippen LogP contribution is -2.50. The van der Waals surface area contributed by atoms with Crippen molar-refractivity contribution in [1.82, 2.24) is 10.6 Å². The fourth-order valence-electron chi connectivity index (χ4n) is 4.88. The molecular weight excluding hydrogens is 504 g/mol. The van der Waals surface area contributed by atoms with Gasteiger partial charge in [0.2, 0.25) is 0 Å². The molecule has 2 N–H and O–H groups in total. The van der Waals surface area contributed by atoms with E-state index >= 15 is 0 Å². The molecule has 1 fully saturated rings. The van der Waals surface area contributed by atoms with E-state index in [1.54, 1.807) is 21.3 Å². The molecule has 0 aliphatic heterocycles. The number of hydrogen-bond donors (Lipinski definition) is 2. The fourth-order valence-corrected chi connectivity index (χ4v) is 7.51. The molecule has 36 heavy (non-hydrogen) atoms. The number of alkyl carbamates (subject to hydrolysis) is 1. The van der Waals surface area contributed by atoms with Crippen molar-refractivity contribution < 1.29 is 37.1 Å². The summed E-state index contributed by atoms with van der Waals surface area (Å²) in [7, 11) is 2.13. The third kappa shape index (κ3) is 12.1. The monoisotopic (exact) mass is 548 g/mol. The lowest BCUT2D eigenvalue weighted by molar-refractivity contribution is -0.137. The van der Waals surface area contributed by atoms with Crippen LogP contribution in [0, 0.1) is 10.8 Å². The van der Waals surface area contributed by atoms with Gasteiger partial charge < -0.3 is 33.4 Å². The topological polar surface area (TPSA) is 121 Å². The largest absolute Gasteiger partial charge is 0.500 e. The highest BCUT2D eigenvalue weighted by atomic mass is 32.2. The molecule has 0 heterocycles. The quantitative estimate of drug-likeness (QED) is 0.135. The van der Waals surface area contributed by atoms with Crippen LogP contribution in [0.5, 0.6) is 0 Å². The van der Waals surface area contributed by atoms with E-state index in [-0.39, 0.29) is 35.3 Å². The summed E-state index contributed by atoms with van der Waals surface area (Å²) in [6, 6.07) is 0.580. The maximum Gasteiger partial charge on any atom is 0.500 e. The molecule has 12 heteroatoms. The van der Waals surface area contributed by atoms with Crippen LogP contribution < -0.4 is 10.6 Å². The van der Waals surface area contributed by atoms with Gasteiger partial charge in [-0.15, -0.1) is 0 Å². The highest BCUT2D eigenvalue weighted by Crippen LogP contribution is 2.45. The second kappa shape index (κ2) is 15.6. The Bertz CT molecular complexity index is 727. The minimum Gasteiger partial charge on any atom is -0.462 e. The molecule has 2 atom stereocenters. The summed E-state index contributed by atoms with van der Waals surface area (Å²) in [5.41, 5.74) is -0.171. The zero-order valence-corrected chi connectivity index (χ0v) is 24.4. The minimum atomic E-state index is -2.62. The molecule has 10 nitrogen and oxygen atoms in total. The van der Waals surface area contributed by atoms with Crippen molar-refractivity contribution in [3.63, 3.8) is 0 Å². The highest BCUT2D eigenvalue weighted by molar-refractivity contribution is 8.13. The van der Waals surface area contributed by atoms with Crippen molar-refractivity contribution >= 4 is 37.9 Å². The Balaban J connectivity index is 2.45. The highest BCUT2D eigenvalue weighted by Gasteiger charge is 2.42. The minimum absolute atomic E-state index is 0.00385. The summed E-state index contributed by atoms with van der Waals surface area (Å²) in [5.74, 6) is 0.141. The van der Waals surface area contributed by atoms with Gasteiger partial charge in [0.25, 0.3) is 5.24 Å². The molecule has 1 saturated carbocycles. The van der Waals surface area contributed by atoms with Crippen LogP contribution >= 0.6 is 11.8 Å². The van der Waals surface area contributed by atoms with Crippen molar-refractivity contribution in [2.45, 2.75) is 65.0 Å². The van der Waals surface area contributed by atoms with Gasteiger partial charge in [-0.3, -0.25) is 4.79 Å². The summed E-state index contributed by atoms with van der Waals surface area (Å²) in [5, 5.41) is 5.95. The molecular formula is C24H44N2O8SSi. The number of ether oxygens (including phenoxy) is 2. The zero-order valence-electron chi connectivity index (χ0n) is 22.6. The number of rotatable bonds is 15. The predicted octanol–water partition coefficient (Wildman–Crippen LogP) is 4.13. The molecule has 2 unspecified atom stereocenters. The van der Waals surface area contributed by atoms with Crippen molar-refractivity contribution in [2.75, 3.05) is 46.8 Å². The molecule has 1 rings (SSSR count). The number of thioether (sulfide) groups is 1. The molecule has 0 bridgehead atoms. The fraction of sp³-hybridized carbons (Fsp3) is 0.792. The molecule has 0 aromatic rings. The predicted molar refractivity (Wildman–Crippen MR) is 142 cm³/mol. The Labute approximate surface area is 220 Å². The number of esters is 1. The average Bonchev–Trinajstić information content (AvgIpc) is 2.81. The first-order valence-corrected chi connectivity index (χ1v) is 15.1. The van der Waals surface area contributed by atoms with Crippen LogP contribution in [-0.4, -0.2) is 79.0 Å². The van der Waals surface area contributed by atoms with Crippen LogP contribution in [0.25, 0.3) is 0 Å². The van der Waals surface area contributed by atoms with Gasteiger partial charge in [0.1, 0.15) is 0 Å². The maximum atomic E-state index is 12.5. The van der Waals surface area contributed by atoms with Gasteiger partial charge in [0.05, 0.1) is 13.2 Å². The third-order valence-electron chi connectivity index (χ3n) is 6.15. The first kappa shape index (κ1) is 32.4. The Hall–Kier alpha value is -1.60. The number of hydrogen-bond acceptors (Lipinski definition) is 9. The van der Waals surface area contributed by atoms with Gasteiger partial charge in [-0.05, 0) is 36.5 Å². The molecule has 0 aromatic heterocycles. The van der Waals surface area contributed by atoms with Gasteiger partial charge in [0, 0.05) is 58.2 Å². The van der Waals surface area contributed by atoms with Crippen molar-refractivity contribution in [3.8, 4) is 0 Å². The molecule has 0 aromatic carbocycles. The van der Waals surface area contributed by atoms with Crippen LogP contribution in [0.1, 0.15) is 52.9 Å². The molecule has 0 radical (unpaired) electrons. The smallest absolute Gasteiger partial charge is 0.462 e. The number of carbonyl (C=O) groups excluding carboxylic acids is 3. The summed E-state index contributed by atoms with van der Waals surface area (Å²) in [4.78, 5) is 35.8. The van der Waals surface area contributed by atoms with Gasteiger partial charge in [0.15, 0.2) is 0 Å². The summed E-state index contributed by atoms with van der Waals surface area (Å²) in [6.07, 6.45) is 4.24. The van der Waals surface area contributed by atoms with E-state index in [1.807, 2.05) is 0 Å². The normalized spacial score (nSPS) is 21.3. The SMILES string of the molecule is C=CC(=O)OCCCOC(=O)NC1CC(C)(C)CC(C)(CNC(=O)SCCC[Si](OC)(OC)OC)C1. The Morgan fingerprint density at radius 2 is 1.67 bits per heavy atom. The van der Waals surface area contributed by atoms with Crippen LogP contribution in [0.4, 0.5) is 9.59 Å². The van der Waals surface area contributed by atoms with Gasteiger partial charge in [-0.25, -0.2) is 9.59 Å². The number of carbonyl (C=O) groups is 3. The zero-order chi connectivity index (χ0) is 27.2. The van der Waals surface area contributed by atoms with E-state index in [9.17, 15) is 14.4 Å². The van der Waals surface area contributed by atoms with Crippen LogP contribution in [0.2, 0.25) is 6.04 Å². The molecule has 208 valence electrons. The standard InChI is InChI=1S/C24H44N2O8SSi/c1-8-20(27)33-11-9-12-34-21(28)26-19-15-23(2,3)17-24(4,16-19)18-25-22(29)35-13-10-14-36(30-5,31-6)32-7/h8,19H,1,9-18H2,2-7H3,(H,25,29)(H,26,28). The molecule has 0 saturated heterocycles. The Morgan fingerprint density at radius 3 is 2.28 bits per heavy atom. The first-order valence-electron chi connectivity index (χ1n) is 12.2. The average molecular weight is 549 g/mol. The number of nitrogens with one attached hydrogen (secondary N) is 2. The Morgan fingerprint density at radius 1 is 1.03 bits per heavy atom. The summed E-state index contributed by atoms with van der Waals surface area (Å²) < 4.78 is 26.3. The van der Waals surface area contributed by atoms with E-state index in [0.717, 1.165) is 31.8 Å². The lowest BCUT2D eigenvalue weighted by atomic mass is 9.62. The van der Waals surface area contributed by atoms with Gasteiger partial charge >= 0.3 is 20.9 Å². The third-order valence-corrected chi connectivity index (χ3v) is 9.88. The van der Waals surface area contributed by atoms with Crippen LogP contribution in [-0.2, 0) is 27.5 Å². The second-order valence-corrected chi connectivity index (χ2v) is 14.3. The Kier molecular flexibility index (Phi) is 14.1. The molecule has 2 amide bonds. The van der Waals surface area contributed by atoms with E-state index in [1.165, 1.54) is 11.8 Å². The van der Waals surface area contributed by atoms with E-state index in [4.69, 9.17) is 22.8 Å². The summed E-state index contributed by atoms with van der Waals surface area (Å²) >= 11 is 1.24.